The van der Waals surface area contributed by atoms with E-state index in [4.69, 9.17) is 5.84 Å². The van der Waals surface area contributed by atoms with Gasteiger partial charge in [-0.1, -0.05) is 32.0 Å². The summed E-state index contributed by atoms with van der Waals surface area (Å²) in [6, 6.07) is 10.4. The van der Waals surface area contributed by atoms with Gasteiger partial charge >= 0.3 is 0 Å². The van der Waals surface area contributed by atoms with Crippen LogP contribution in [0, 0.1) is 0 Å². The van der Waals surface area contributed by atoms with Gasteiger partial charge in [-0.3, -0.25) is 10.6 Å². The topological polar surface area (TPSA) is 97.1 Å². The summed E-state index contributed by atoms with van der Waals surface area (Å²) >= 11 is 0. The molecule has 2 aromatic rings. The largest absolute Gasteiger partial charge is 0.321 e. The first-order chi connectivity index (χ1) is 9.95. The number of nitrogens with zero attached hydrogens (tertiary/aromatic N) is 1. The molecule has 0 aliphatic heterocycles. The third-order valence-electron chi connectivity index (χ3n) is 3.01. The number of nitrogens with two attached hydrogens (primary N) is 1. The van der Waals surface area contributed by atoms with Crippen LogP contribution in [0.3, 0.4) is 0 Å². The second kappa shape index (κ2) is 6.11. The molecule has 0 spiro atoms. The Balaban J connectivity index is 2.43. The fraction of sp³-hybridized carbons (Fsp3) is 0.214. The van der Waals surface area contributed by atoms with Crippen molar-refractivity contribution in [1.82, 2.24) is 4.98 Å². The number of pyridine rings is 1. The Labute approximate surface area is 124 Å². The van der Waals surface area contributed by atoms with Gasteiger partial charge < -0.3 is 5.43 Å². The monoisotopic (exact) mass is 306 g/mol. The quantitative estimate of drug-likeness (QED) is 0.581. The first-order valence-electron chi connectivity index (χ1n) is 6.49. The molecule has 0 saturated carbocycles. The number of aromatic nitrogens is 1. The van der Waals surface area contributed by atoms with Gasteiger partial charge in [0, 0.05) is 6.20 Å². The Morgan fingerprint density at radius 3 is 2.43 bits per heavy atom. The number of hydrogen-bond donors (Lipinski definition) is 3. The van der Waals surface area contributed by atoms with Crippen LogP contribution in [0.15, 0.2) is 47.6 Å². The molecule has 0 radical (unpaired) electrons. The highest BCUT2D eigenvalue weighted by molar-refractivity contribution is 7.92. The maximum Gasteiger partial charge on any atom is 0.281 e. The van der Waals surface area contributed by atoms with Gasteiger partial charge in [0.25, 0.3) is 10.0 Å². The number of hydrogen-bond acceptors (Lipinski definition) is 5. The lowest BCUT2D eigenvalue weighted by molar-refractivity contribution is 0.598. The SMILES string of the molecule is CC(C)c1ccccc1NS(=O)(=O)c1ncccc1NN. The van der Waals surface area contributed by atoms with Crippen molar-refractivity contribution in [2.45, 2.75) is 24.8 Å². The molecule has 0 fully saturated rings. The molecule has 2 rings (SSSR count). The maximum absolute atomic E-state index is 12.5. The molecule has 0 aliphatic rings. The van der Waals surface area contributed by atoms with Gasteiger partial charge in [-0.25, -0.2) is 4.98 Å². The standard InChI is InChI=1S/C14H18N4O2S/c1-10(2)11-6-3-4-7-12(11)18-21(19,20)14-13(17-15)8-5-9-16-14/h3-10,17-18H,15H2,1-2H3. The second-order valence-electron chi connectivity index (χ2n) is 4.85. The predicted octanol–water partition coefficient (Wildman–Crippen LogP) is 2.29. The summed E-state index contributed by atoms with van der Waals surface area (Å²) in [5.74, 6) is 5.53. The zero-order valence-electron chi connectivity index (χ0n) is 11.9. The van der Waals surface area contributed by atoms with Crippen molar-refractivity contribution in [1.29, 1.82) is 0 Å². The van der Waals surface area contributed by atoms with E-state index in [1.54, 1.807) is 24.3 Å². The smallest absolute Gasteiger partial charge is 0.281 e. The van der Waals surface area contributed by atoms with E-state index >= 15 is 0 Å². The molecule has 4 N–H and O–H groups in total. The molecule has 0 amide bonds. The summed E-state index contributed by atoms with van der Waals surface area (Å²) in [4.78, 5) is 3.90. The number of sulfonamides is 1. The second-order valence-corrected chi connectivity index (χ2v) is 6.45. The van der Waals surface area contributed by atoms with Crippen LogP contribution < -0.4 is 16.0 Å². The molecule has 112 valence electrons. The van der Waals surface area contributed by atoms with E-state index < -0.39 is 10.0 Å². The van der Waals surface area contributed by atoms with Crippen LogP contribution >= 0.6 is 0 Å². The zero-order valence-corrected chi connectivity index (χ0v) is 12.7. The van der Waals surface area contributed by atoms with E-state index in [1.807, 2.05) is 26.0 Å². The van der Waals surface area contributed by atoms with Crippen molar-refractivity contribution in [3.63, 3.8) is 0 Å². The first-order valence-corrected chi connectivity index (χ1v) is 7.97. The number of rotatable bonds is 5. The Morgan fingerprint density at radius 1 is 1.10 bits per heavy atom. The zero-order chi connectivity index (χ0) is 15.5. The van der Waals surface area contributed by atoms with Crippen LogP contribution in [-0.2, 0) is 10.0 Å². The summed E-state index contributed by atoms with van der Waals surface area (Å²) in [7, 11) is -3.82. The van der Waals surface area contributed by atoms with E-state index in [0.717, 1.165) is 5.56 Å². The summed E-state index contributed by atoms with van der Waals surface area (Å²) in [5.41, 5.74) is 4.04. The van der Waals surface area contributed by atoms with Crippen molar-refractivity contribution in [3.8, 4) is 0 Å². The average Bonchev–Trinajstić information content (AvgIpc) is 2.47. The number of para-hydroxylation sites is 1. The third kappa shape index (κ3) is 3.32. The van der Waals surface area contributed by atoms with Gasteiger partial charge in [0.2, 0.25) is 5.03 Å². The molecular formula is C14H18N4O2S. The normalized spacial score (nSPS) is 11.4. The number of benzene rings is 1. The van der Waals surface area contributed by atoms with Crippen LogP contribution in [0.1, 0.15) is 25.3 Å². The number of nitrogens with one attached hydrogen (secondary N) is 2. The van der Waals surface area contributed by atoms with E-state index in [0.29, 0.717) is 5.69 Å². The predicted molar refractivity (Wildman–Crippen MR) is 83.4 cm³/mol. The van der Waals surface area contributed by atoms with Gasteiger partial charge in [0.15, 0.2) is 0 Å². The summed E-state index contributed by atoms with van der Waals surface area (Å²) in [6.45, 7) is 4.00. The minimum absolute atomic E-state index is 0.133. The summed E-state index contributed by atoms with van der Waals surface area (Å²) < 4.78 is 27.5. The Hall–Kier alpha value is -2.12. The fourth-order valence-electron chi connectivity index (χ4n) is 2.00. The number of nitrogen functional groups attached to an aromatic ring is 1. The molecule has 7 heteroatoms. The van der Waals surface area contributed by atoms with Crippen LogP contribution in [0.25, 0.3) is 0 Å². The highest BCUT2D eigenvalue weighted by atomic mass is 32.2. The lowest BCUT2D eigenvalue weighted by atomic mass is 10.0. The Morgan fingerprint density at radius 2 is 1.76 bits per heavy atom. The van der Waals surface area contributed by atoms with Crippen LogP contribution in [-0.4, -0.2) is 13.4 Å². The van der Waals surface area contributed by atoms with Crippen LogP contribution in [0.5, 0.6) is 0 Å². The van der Waals surface area contributed by atoms with Crippen molar-refractivity contribution >= 4 is 21.4 Å². The molecule has 0 unspecified atom stereocenters. The molecule has 1 heterocycles. The summed E-state index contributed by atoms with van der Waals surface area (Å²) in [5, 5.41) is -0.133. The highest BCUT2D eigenvalue weighted by Crippen LogP contribution is 2.27. The molecule has 21 heavy (non-hydrogen) atoms. The van der Waals surface area contributed by atoms with E-state index in [9.17, 15) is 8.42 Å². The third-order valence-corrected chi connectivity index (χ3v) is 4.33. The molecule has 0 atom stereocenters. The van der Waals surface area contributed by atoms with Crippen LogP contribution in [0.2, 0.25) is 0 Å². The molecule has 0 bridgehead atoms. The van der Waals surface area contributed by atoms with E-state index in [-0.39, 0.29) is 16.6 Å². The molecule has 1 aromatic carbocycles. The van der Waals surface area contributed by atoms with E-state index in [1.165, 1.54) is 6.20 Å². The van der Waals surface area contributed by atoms with Crippen molar-refractivity contribution < 1.29 is 8.42 Å². The number of hydrazine groups is 1. The lowest BCUT2D eigenvalue weighted by Crippen LogP contribution is -2.19. The van der Waals surface area contributed by atoms with Gasteiger partial charge in [0.1, 0.15) is 0 Å². The first kappa shape index (κ1) is 15.3. The van der Waals surface area contributed by atoms with Crippen molar-refractivity contribution in [2.75, 3.05) is 10.1 Å². The maximum atomic E-state index is 12.5. The van der Waals surface area contributed by atoms with Crippen molar-refractivity contribution in [2.24, 2.45) is 5.84 Å². The lowest BCUT2D eigenvalue weighted by Gasteiger charge is -2.15. The Bertz CT molecular complexity index is 729. The average molecular weight is 306 g/mol. The van der Waals surface area contributed by atoms with Gasteiger partial charge in [-0.15, -0.1) is 0 Å². The van der Waals surface area contributed by atoms with E-state index in [2.05, 4.69) is 15.1 Å². The highest BCUT2D eigenvalue weighted by Gasteiger charge is 2.21. The van der Waals surface area contributed by atoms with Crippen molar-refractivity contribution in [3.05, 3.63) is 48.2 Å². The summed E-state index contributed by atoms with van der Waals surface area (Å²) in [6.07, 6.45) is 1.41. The minimum Gasteiger partial charge on any atom is -0.321 e. The molecule has 1 aromatic heterocycles. The molecule has 0 aliphatic carbocycles. The minimum atomic E-state index is -3.82. The number of anilines is 2. The Kier molecular flexibility index (Phi) is 4.44. The molecular weight excluding hydrogens is 288 g/mol. The van der Waals surface area contributed by atoms with Gasteiger partial charge in [0.05, 0.1) is 11.4 Å². The van der Waals surface area contributed by atoms with Gasteiger partial charge in [-0.2, -0.15) is 8.42 Å². The molecule has 0 saturated heterocycles. The fourth-order valence-corrected chi connectivity index (χ4v) is 3.19. The van der Waals surface area contributed by atoms with Crippen LogP contribution in [0.4, 0.5) is 11.4 Å². The van der Waals surface area contributed by atoms with Gasteiger partial charge in [-0.05, 0) is 29.7 Å². The molecule has 6 nitrogen and oxygen atoms in total.